The van der Waals surface area contributed by atoms with Gasteiger partial charge in [-0.25, -0.2) is 16.8 Å². The molecular weight excluding hydrogens is 606 g/mol. The van der Waals surface area contributed by atoms with Crippen LogP contribution < -0.4 is 0 Å². The van der Waals surface area contributed by atoms with Gasteiger partial charge >= 0.3 is 11.0 Å². The number of benzene rings is 1. The Morgan fingerprint density at radius 3 is 1.74 bits per heavy atom. The minimum Gasteiger partial charge on any atom is -0.328 e. The fraction of sp³-hybridized carbons (Fsp3) is 0.536. The van der Waals surface area contributed by atoms with Crippen molar-refractivity contribution in [1.82, 2.24) is 0 Å². The highest BCUT2D eigenvalue weighted by atomic mass is 32.2. The van der Waals surface area contributed by atoms with Crippen LogP contribution in [0.1, 0.15) is 69.9 Å². The Labute approximate surface area is 243 Å². The van der Waals surface area contributed by atoms with Gasteiger partial charge in [-0.05, 0) is 54.5 Å². The monoisotopic (exact) mass is 643 g/mol. The molecule has 14 heteroatoms. The maximum absolute atomic E-state index is 13.0. The normalized spacial score (nSPS) is 15.9. The van der Waals surface area contributed by atoms with Crippen molar-refractivity contribution >= 4 is 37.0 Å². The van der Waals surface area contributed by atoms with Gasteiger partial charge < -0.3 is 4.48 Å². The first-order valence-electron chi connectivity index (χ1n) is 13.5. The predicted molar refractivity (Wildman–Crippen MR) is 153 cm³/mol. The van der Waals surface area contributed by atoms with E-state index in [9.17, 15) is 43.2 Å². The summed E-state index contributed by atoms with van der Waals surface area (Å²) in [5.41, 5.74) is -13.9. The number of rotatable bonds is 11. The molecule has 1 N–H and O–H groups in total. The molecule has 0 amide bonds. The fourth-order valence-corrected chi connectivity index (χ4v) is 7.09. The molecule has 3 rings (SSSR count). The molecular formula is C28H37F6N2O4S2+. The number of unbranched alkanes of at least 4 members (excludes halogenated alkanes) is 5. The summed E-state index contributed by atoms with van der Waals surface area (Å²) in [4.78, 5) is -4.38. The molecule has 2 aliphatic carbocycles. The van der Waals surface area contributed by atoms with Crippen molar-refractivity contribution in [3.05, 3.63) is 56.9 Å². The molecule has 0 fully saturated rings. The highest BCUT2D eigenvalue weighted by Crippen LogP contribution is 2.47. The minimum absolute atomic E-state index is 0.153. The molecule has 42 heavy (non-hydrogen) atoms. The van der Waals surface area contributed by atoms with Crippen molar-refractivity contribution in [2.45, 2.75) is 69.8 Å². The third-order valence-electron chi connectivity index (χ3n) is 6.99. The standard InChI is InChI=1S/C15H7F6NO4S2.C13H30N/c16-14(17,18)27(23,24)11-6-9-8-4-2-1-3-7(8)5-10(9)12(22)13(11)28(25,26)15(19,20)21;1-5-7-9-11-13-14(3,4)12-10-8-6-2/h1-6,22H;5-13H2,1-4H3/q;+1. The molecule has 0 atom stereocenters. The van der Waals surface area contributed by atoms with Crippen molar-refractivity contribution in [2.24, 2.45) is 0 Å². The molecule has 0 saturated carbocycles. The SMILES string of the molecule is CCCCCC[N+](C)(C)CCCCC.N=C1C2=Cc3ccccc3C2=CC(S(=O)(=O)C(F)(F)F)=C1S(=O)(=O)C(F)(F)F. The third kappa shape index (κ3) is 7.93. The zero-order valence-corrected chi connectivity index (χ0v) is 25.6. The van der Waals surface area contributed by atoms with Crippen LogP contribution in [0.2, 0.25) is 0 Å². The lowest BCUT2D eigenvalue weighted by atomic mass is 9.95. The molecule has 0 bridgehead atoms. The van der Waals surface area contributed by atoms with Gasteiger partial charge in [-0.3, -0.25) is 5.41 Å². The first kappa shape index (κ1) is 35.7. The lowest BCUT2D eigenvalue weighted by Gasteiger charge is -2.29. The summed E-state index contributed by atoms with van der Waals surface area (Å²) in [6.45, 7) is 7.28. The largest absolute Gasteiger partial charge is 0.502 e. The molecule has 0 heterocycles. The van der Waals surface area contributed by atoms with Gasteiger partial charge in [0.05, 0.1) is 37.8 Å². The third-order valence-corrected chi connectivity index (χ3v) is 10.2. The van der Waals surface area contributed by atoms with Crippen LogP contribution >= 0.6 is 0 Å². The molecule has 236 valence electrons. The lowest BCUT2D eigenvalue weighted by Crippen LogP contribution is -2.41. The van der Waals surface area contributed by atoms with Crippen LogP contribution in [0.4, 0.5) is 26.3 Å². The van der Waals surface area contributed by atoms with Crippen molar-refractivity contribution in [1.29, 1.82) is 5.41 Å². The van der Waals surface area contributed by atoms with Crippen LogP contribution in [0.5, 0.6) is 0 Å². The number of sulfone groups is 2. The average Bonchev–Trinajstić information content (AvgIpc) is 3.25. The molecule has 6 nitrogen and oxygen atoms in total. The summed E-state index contributed by atoms with van der Waals surface area (Å²) in [5.74, 6) is 0. The number of fused-ring (bicyclic) bond motifs is 3. The van der Waals surface area contributed by atoms with Gasteiger partial charge in [-0.2, -0.15) is 26.3 Å². The molecule has 0 unspecified atom stereocenters. The van der Waals surface area contributed by atoms with Crippen LogP contribution in [0, 0.1) is 5.41 Å². The molecule has 0 spiro atoms. The Kier molecular flexibility index (Phi) is 11.5. The first-order chi connectivity index (χ1) is 19.2. The van der Waals surface area contributed by atoms with Gasteiger partial charge in [0, 0.05) is 5.57 Å². The van der Waals surface area contributed by atoms with Crippen LogP contribution in [0.25, 0.3) is 11.6 Å². The quantitative estimate of drug-likeness (QED) is 0.154. The summed E-state index contributed by atoms with van der Waals surface area (Å²) in [6, 6.07) is 5.69. The smallest absolute Gasteiger partial charge is 0.328 e. The Bertz CT molecular complexity index is 1470. The number of alkyl halides is 6. The summed E-state index contributed by atoms with van der Waals surface area (Å²) < 4.78 is 127. The molecule has 1 aromatic carbocycles. The molecule has 0 radical (unpaired) electrons. The number of allylic oxidation sites excluding steroid dienone is 4. The number of hydrogen-bond donors (Lipinski definition) is 1. The van der Waals surface area contributed by atoms with Crippen molar-refractivity contribution < 1.29 is 47.7 Å². The Balaban J connectivity index is 0.000000374. The molecule has 0 saturated heterocycles. The topological polar surface area (TPSA) is 92.1 Å². The Morgan fingerprint density at radius 1 is 0.714 bits per heavy atom. The van der Waals surface area contributed by atoms with E-state index in [4.69, 9.17) is 5.41 Å². The van der Waals surface area contributed by atoms with Gasteiger partial charge in [0.1, 0.15) is 4.91 Å². The van der Waals surface area contributed by atoms with E-state index in [1.165, 1.54) is 86.8 Å². The predicted octanol–water partition coefficient (Wildman–Crippen LogP) is 7.41. The van der Waals surface area contributed by atoms with Gasteiger partial charge in [0.25, 0.3) is 19.7 Å². The second kappa shape index (κ2) is 13.5. The number of halogens is 6. The lowest BCUT2D eigenvalue weighted by molar-refractivity contribution is -0.890. The molecule has 1 aromatic rings. The summed E-state index contributed by atoms with van der Waals surface area (Å²) >= 11 is 0. The van der Waals surface area contributed by atoms with Crippen LogP contribution in [-0.2, 0) is 19.7 Å². The van der Waals surface area contributed by atoms with E-state index in [1.807, 2.05) is 0 Å². The van der Waals surface area contributed by atoms with E-state index in [0.717, 1.165) is 6.08 Å². The fourth-order valence-electron chi connectivity index (χ4n) is 4.63. The first-order valence-corrected chi connectivity index (χ1v) is 16.5. The van der Waals surface area contributed by atoms with E-state index >= 15 is 0 Å². The summed E-state index contributed by atoms with van der Waals surface area (Å²) in [7, 11) is -8.33. The van der Waals surface area contributed by atoms with Gasteiger partial charge in [0.15, 0.2) is 0 Å². The molecule has 0 aliphatic heterocycles. The van der Waals surface area contributed by atoms with E-state index in [-0.39, 0.29) is 22.8 Å². The molecule has 2 aliphatic rings. The van der Waals surface area contributed by atoms with Gasteiger partial charge in [-0.15, -0.1) is 0 Å². The van der Waals surface area contributed by atoms with Crippen LogP contribution in [0.15, 0.2) is 45.7 Å². The molecule has 0 aromatic heterocycles. The number of hydrogen-bond acceptors (Lipinski definition) is 5. The summed E-state index contributed by atoms with van der Waals surface area (Å²) in [6.07, 6.45) is 11.1. The Morgan fingerprint density at radius 2 is 1.21 bits per heavy atom. The van der Waals surface area contributed by atoms with Gasteiger partial charge in [0.2, 0.25) is 0 Å². The second-order valence-electron chi connectivity index (χ2n) is 10.8. The van der Waals surface area contributed by atoms with E-state index in [1.54, 1.807) is 0 Å². The highest BCUT2D eigenvalue weighted by Gasteiger charge is 2.57. The number of quaternary nitrogens is 1. The second-order valence-corrected chi connectivity index (χ2v) is 14.6. The number of nitrogens with one attached hydrogen (secondary N) is 1. The zero-order valence-electron chi connectivity index (χ0n) is 24.0. The Hall–Kier alpha value is -2.45. The van der Waals surface area contributed by atoms with Crippen molar-refractivity contribution in [3.8, 4) is 0 Å². The number of nitrogens with zero attached hydrogens (tertiary/aromatic N) is 1. The highest BCUT2D eigenvalue weighted by molar-refractivity contribution is 8.00. The van der Waals surface area contributed by atoms with Crippen LogP contribution in [-0.4, -0.2) is 65.2 Å². The summed E-state index contributed by atoms with van der Waals surface area (Å²) in [5, 5.41) is 7.82. The van der Waals surface area contributed by atoms with E-state index in [0.29, 0.717) is 0 Å². The minimum atomic E-state index is -6.58. The zero-order chi connectivity index (χ0) is 32.1. The maximum atomic E-state index is 13.0. The van der Waals surface area contributed by atoms with Crippen LogP contribution in [0.3, 0.4) is 0 Å². The van der Waals surface area contributed by atoms with Crippen molar-refractivity contribution in [3.63, 3.8) is 0 Å². The van der Waals surface area contributed by atoms with Gasteiger partial charge in [-0.1, -0.05) is 57.4 Å². The van der Waals surface area contributed by atoms with E-state index < -0.39 is 51.8 Å². The van der Waals surface area contributed by atoms with Crippen molar-refractivity contribution in [2.75, 3.05) is 27.2 Å². The average molecular weight is 644 g/mol. The maximum Gasteiger partial charge on any atom is 0.502 e. The van der Waals surface area contributed by atoms with E-state index in [2.05, 4.69) is 27.9 Å².